The third-order valence-corrected chi connectivity index (χ3v) is 6.25. The van der Waals surface area contributed by atoms with E-state index in [9.17, 15) is 0 Å². The van der Waals surface area contributed by atoms with Crippen LogP contribution in [0.5, 0.6) is 0 Å². The highest BCUT2D eigenvalue weighted by Crippen LogP contribution is 2.35. The topological polar surface area (TPSA) is 30.2 Å². The van der Waals surface area contributed by atoms with Crippen LogP contribution in [-0.4, -0.2) is 14.6 Å². The van der Waals surface area contributed by atoms with Crippen LogP contribution in [0.1, 0.15) is 16.7 Å². The molecule has 0 spiro atoms. The largest absolute Gasteiger partial charge is 0.256 e. The molecule has 0 amide bonds. The molecule has 0 aliphatic carbocycles. The normalized spacial score (nSPS) is 11.6. The van der Waals surface area contributed by atoms with Crippen molar-refractivity contribution in [2.24, 2.45) is 0 Å². The van der Waals surface area contributed by atoms with Gasteiger partial charge in [-0.2, -0.15) is 5.10 Å². The Hall–Kier alpha value is -3.98. The minimum atomic E-state index is 0.977. The van der Waals surface area contributed by atoms with Crippen LogP contribution in [0.3, 0.4) is 0 Å². The number of aromatic nitrogens is 3. The van der Waals surface area contributed by atoms with Gasteiger partial charge in [-0.05, 0) is 86.0 Å². The smallest absolute Gasteiger partial charge is 0.101 e. The lowest BCUT2D eigenvalue weighted by molar-refractivity contribution is 1.02. The Labute approximate surface area is 187 Å². The summed E-state index contributed by atoms with van der Waals surface area (Å²) in [6.45, 7) is 6.48. The zero-order valence-electron chi connectivity index (χ0n) is 18.4. The lowest BCUT2D eigenvalue weighted by atomic mass is 9.97. The van der Waals surface area contributed by atoms with Crippen molar-refractivity contribution in [2.45, 2.75) is 20.8 Å². The van der Waals surface area contributed by atoms with Crippen molar-refractivity contribution >= 4 is 27.3 Å². The van der Waals surface area contributed by atoms with Crippen LogP contribution in [0, 0.1) is 20.8 Å². The maximum Gasteiger partial charge on any atom is 0.101 e. The number of pyridine rings is 2. The summed E-state index contributed by atoms with van der Waals surface area (Å²) >= 11 is 0. The summed E-state index contributed by atoms with van der Waals surface area (Å²) in [7, 11) is 0. The van der Waals surface area contributed by atoms with Gasteiger partial charge in [0.2, 0.25) is 0 Å². The second-order valence-electron chi connectivity index (χ2n) is 8.65. The molecule has 6 rings (SSSR count). The van der Waals surface area contributed by atoms with Crippen LogP contribution in [0.25, 0.3) is 49.7 Å². The molecule has 0 N–H and O–H groups in total. The molecule has 32 heavy (non-hydrogen) atoms. The van der Waals surface area contributed by atoms with Gasteiger partial charge in [-0.25, -0.2) is 4.52 Å². The first kappa shape index (κ1) is 18.8. The maximum absolute atomic E-state index is 5.14. The van der Waals surface area contributed by atoms with Gasteiger partial charge >= 0.3 is 0 Å². The summed E-state index contributed by atoms with van der Waals surface area (Å²) in [6, 6.07) is 28.0. The van der Waals surface area contributed by atoms with E-state index in [1.54, 1.807) is 0 Å². The van der Waals surface area contributed by atoms with E-state index in [1.165, 1.54) is 27.5 Å². The van der Waals surface area contributed by atoms with Crippen LogP contribution in [0.2, 0.25) is 0 Å². The fourth-order valence-corrected chi connectivity index (χ4v) is 4.71. The molecular weight excluding hydrogens is 390 g/mol. The van der Waals surface area contributed by atoms with Crippen molar-refractivity contribution < 1.29 is 0 Å². The van der Waals surface area contributed by atoms with Crippen molar-refractivity contribution in [2.75, 3.05) is 0 Å². The van der Waals surface area contributed by atoms with E-state index >= 15 is 0 Å². The molecule has 0 aliphatic heterocycles. The SMILES string of the molecule is Cc1ccc2c(c1)c(C)cc1c3cc(C)cc(-c4cccc(-c5ccccn5)c4)c3nn21. The molecule has 3 aromatic heterocycles. The molecule has 0 unspecified atom stereocenters. The van der Waals surface area contributed by atoms with Crippen LogP contribution in [0.4, 0.5) is 0 Å². The van der Waals surface area contributed by atoms with Crippen molar-refractivity contribution in [3.05, 3.63) is 102 Å². The van der Waals surface area contributed by atoms with Gasteiger partial charge < -0.3 is 0 Å². The molecule has 3 nitrogen and oxygen atoms in total. The highest BCUT2D eigenvalue weighted by Gasteiger charge is 2.15. The van der Waals surface area contributed by atoms with Gasteiger partial charge in [0.1, 0.15) is 5.52 Å². The molecule has 0 bridgehead atoms. The average Bonchev–Trinajstić information content (AvgIpc) is 3.17. The second-order valence-corrected chi connectivity index (χ2v) is 8.65. The standard InChI is InChI=1S/C29H23N3/c1-18-10-11-27-23(13-18)20(3)16-28-25-15-19(2)14-24(29(25)31-32(27)28)21-7-6-8-22(17-21)26-9-4-5-12-30-26/h4-17H,1-3H3. The molecule has 0 atom stereocenters. The summed E-state index contributed by atoms with van der Waals surface area (Å²) in [5.74, 6) is 0. The predicted molar refractivity (Wildman–Crippen MR) is 133 cm³/mol. The van der Waals surface area contributed by atoms with Crippen molar-refractivity contribution in [3.8, 4) is 22.4 Å². The zero-order chi connectivity index (χ0) is 21.8. The fourth-order valence-electron chi connectivity index (χ4n) is 4.71. The second kappa shape index (κ2) is 7.03. The Morgan fingerprint density at radius 2 is 1.50 bits per heavy atom. The summed E-state index contributed by atoms with van der Waals surface area (Å²) < 4.78 is 2.11. The molecule has 0 saturated carbocycles. The highest BCUT2D eigenvalue weighted by atomic mass is 15.2. The maximum atomic E-state index is 5.14. The Bertz CT molecular complexity index is 1640. The number of fused-ring (bicyclic) bond motifs is 5. The van der Waals surface area contributed by atoms with Gasteiger partial charge in [0.15, 0.2) is 0 Å². The highest BCUT2D eigenvalue weighted by molar-refractivity contribution is 6.05. The first-order chi connectivity index (χ1) is 15.6. The van der Waals surface area contributed by atoms with E-state index in [0.29, 0.717) is 0 Å². The van der Waals surface area contributed by atoms with Gasteiger partial charge in [-0.3, -0.25) is 4.98 Å². The van der Waals surface area contributed by atoms with Crippen molar-refractivity contribution in [3.63, 3.8) is 0 Å². The van der Waals surface area contributed by atoms with E-state index in [4.69, 9.17) is 5.10 Å². The van der Waals surface area contributed by atoms with Gasteiger partial charge in [-0.15, -0.1) is 0 Å². The number of nitrogens with zero attached hydrogens (tertiary/aromatic N) is 3. The molecular formula is C29H23N3. The van der Waals surface area contributed by atoms with E-state index in [2.05, 4.69) is 90.9 Å². The molecule has 0 aliphatic rings. The predicted octanol–water partition coefficient (Wildman–Crippen LogP) is 7.29. The van der Waals surface area contributed by atoms with E-state index in [1.807, 2.05) is 24.4 Å². The first-order valence-electron chi connectivity index (χ1n) is 10.9. The lowest BCUT2D eigenvalue weighted by Crippen LogP contribution is -1.93. The number of benzene rings is 3. The Kier molecular flexibility index (Phi) is 4.12. The number of rotatable bonds is 2. The van der Waals surface area contributed by atoms with Crippen molar-refractivity contribution in [1.82, 2.24) is 14.6 Å². The lowest BCUT2D eigenvalue weighted by Gasteiger charge is -2.07. The average molecular weight is 414 g/mol. The summed E-state index contributed by atoms with van der Waals surface area (Å²) in [5, 5.41) is 7.57. The van der Waals surface area contributed by atoms with Gasteiger partial charge in [0.25, 0.3) is 0 Å². The molecule has 0 saturated heterocycles. The van der Waals surface area contributed by atoms with E-state index in [0.717, 1.165) is 38.9 Å². The molecule has 6 aromatic rings. The molecule has 154 valence electrons. The van der Waals surface area contributed by atoms with Crippen LogP contribution < -0.4 is 0 Å². The van der Waals surface area contributed by atoms with Gasteiger partial charge in [0, 0.05) is 28.1 Å². The molecule has 0 fully saturated rings. The van der Waals surface area contributed by atoms with Crippen molar-refractivity contribution in [1.29, 1.82) is 0 Å². The third kappa shape index (κ3) is 2.89. The van der Waals surface area contributed by atoms with E-state index < -0.39 is 0 Å². The minimum Gasteiger partial charge on any atom is -0.256 e. The summed E-state index contributed by atoms with van der Waals surface area (Å²) in [6.07, 6.45) is 1.84. The third-order valence-electron chi connectivity index (χ3n) is 6.25. The fraction of sp³-hybridized carbons (Fsp3) is 0.103. The molecule has 0 radical (unpaired) electrons. The Balaban J connectivity index is 1.66. The Morgan fingerprint density at radius 1 is 0.656 bits per heavy atom. The van der Waals surface area contributed by atoms with E-state index in [-0.39, 0.29) is 0 Å². The number of aryl methyl sites for hydroxylation is 3. The molecule has 3 heteroatoms. The quantitative estimate of drug-likeness (QED) is 0.298. The monoisotopic (exact) mass is 413 g/mol. The van der Waals surface area contributed by atoms with Gasteiger partial charge in [-0.1, -0.05) is 35.9 Å². The molecule has 3 aromatic carbocycles. The minimum absolute atomic E-state index is 0.977. The van der Waals surface area contributed by atoms with Gasteiger partial charge in [0.05, 0.1) is 16.7 Å². The first-order valence-corrected chi connectivity index (χ1v) is 10.9. The Morgan fingerprint density at radius 3 is 2.34 bits per heavy atom. The summed E-state index contributed by atoms with van der Waals surface area (Å²) in [5.41, 5.74) is 11.5. The zero-order valence-corrected chi connectivity index (χ0v) is 18.4. The van der Waals surface area contributed by atoms with Crippen LogP contribution >= 0.6 is 0 Å². The number of hydrogen-bond acceptors (Lipinski definition) is 2. The molecule has 3 heterocycles. The van der Waals surface area contributed by atoms with Crippen LogP contribution in [0.15, 0.2) is 85.1 Å². The number of hydrogen-bond donors (Lipinski definition) is 0. The summed E-state index contributed by atoms with van der Waals surface area (Å²) in [4.78, 5) is 4.53. The van der Waals surface area contributed by atoms with Crippen LogP contribution in [-0.2, 0) is 0 Å².